The molecule has 0 bridgehead atoms. The lowest BCUT2D eigenvalue weighted by Crippen LogP contribution is -2.18. The smallest absolute Gasteiger partial charge is 0.269 e. The van der Waals surface area contributed by atoms with Crippen molar-refractivity contribution in [1.82, 2.24) is 5.32 Å². The van der Waals surface area contributed by atoms with Crippen molar-refractivity contribution in [2.75, 3.05) is 0 Å². The van der Waals surface area contributed by atoms with Crippen LogP contribution in [0.2, 0.25) is 0 Å². The van der Waals surface area contributed by atoms with Crippen molar-refractivity contribution in [3.63, 3.8) is 0 Å². The van der Waals surface area contributed by atoms with Crippen molar-refractivity contribution in [1.29, 1.82) is 0 Å². The molecule has 0 heterocycles. The van der Waals surface area contributed by atoms with Crippen LogP contribution >= 0.6 is 15.9 Å². The zero-order valence-corrected chi connectivity index (χ0v) is 12.6. The summed E-state index contributed by atoms with van der Waals surface area (Å²) in [5.41, 5.74) is 2.33. The molecule has 4 nitrogen and oxygen atoms in total. The Labute approximate surface area is 126 Å². The molecule has 2 aromatic rings. The Morgan fingerprint density at radius 2 is 1.85 bits per heavy atom. The fraction of sp³-hybridized carbons (Fsp3) is 0.200. The van der Waals surface area contributed by atoms with Crippen LogP contribution in [0.1, 0.15) is 24.1 Å². The van der Waals surface area contributed by atoms with Gasteiger partial charge in [-0.25, -0.2) is 0 Å². The Morgan fingerprint density at radius 1 is 1.20 bits per heavy atom. The normalized spacial score (nSPS) is 12.1. The molecule has 5 heteroatoms. The molecule has 0 aliphatic rings. The van der Waals surface area contributed by atoms with E-state index < -0.39 is 0 Å². The van der Waals surface area contributed by atoms with Gasteiger partial charge in [-0.15, -0.1) is 0 Å². The average molecular weight is 335 g/mol. The largest absolute Gasteiger partial charge is 0.306 e. The topological polar surface area (TPSA) is 55.2 Å². The predicted octanol–water partition coefficient (Wildman–Crippen LogP) is 4.21. The summed E-state index contributed by atoms with van der Waals surface area (Å²) in [4.78, 5) is 10.2. The molecule has 0 radical (unpaired) electrons. The highest BCUT2D eigenvalue weighted by molar-refractivity contribution is 9.10. The number of benzene rings is 2. The van der Waals surface area contributed by atoms with Crippen molar-refractivity contribution in [3.05, 3.63) is 74.2 Å². The summed E-state index contributed by atoms with van der Waals surface area (Å²) in [6, 6.07) is 14.9. The molecule has 104 valence electrons. The first kappa shape index (κ1) is 14.7. The second kappa shape index (κ2) is 6.63. The third kappa shape index (κ3) is 3.65. The standard InChI is InChI=1S/C15H15BrN2O2/c1-11(14-4-2-3-5-15(14)16)17-10-12-6-8-13(9-7-12)18(19)20/h2-9,11,17H,10H2,1H3/t11-/m0/s1. The van der Waals surface area contributed by atoms with E-state index in [1.54, 1.807) is 12.1 Å². The lowest BCUT2D eigenvalue weighted by molar-refractivity contribution is -0.384. The lowest BCUT2D eigenvalue weighted by Gasteiger charge is -2.15. The molecule has 2 rings (SSSR count). The summed E-state index contributed by atoms with van der Waals surface area (Å²) in [6.07, 6.45) is 0. The van der Waals surface area contributed by atoms with Crippen LogP contribution in [0.5, 0.6) is 0 Å². The number of hydrogen-bond donors (Lipinski definition) is 1. The van der Waals surface area contributed by atoms with Crippen LogP contribution in [0.15, 0.2) is 53.0 Å². The number of non-ortho nitro benzene ring substituents is 1. The maximum atomic E-state index is 10.6. The van der Waals surface area contributed by atoms with Gasteiger partial charge >= 0.3 is 0 Å². The van der Waals surface area contributed by atoms with Gasteiger partial charge in [0.25, 0.3) is 5.69 Å². The second-order valence-corrected chi connectivity index (χ2v) is 5.40. The Balaban J connectivity index is 1.98. The zero-order valence-electron chi connectivity index (χ0n) is 11.0. The molecular weight excluding hydrogens is 320 g/mol. The first-order chi connectivity index (χ1) is 9.58. The third-order valence-corrected chi connectivity index (χ3v) is 3.85. The van der Waals surface area contributed by atoms with E-state index in [0.29, 0.717) is 6.54 Å². The molecule has 2 aromatic carbocycles. The van der Waals surface area contributed by atoms with Crippen LogP contribution in [0.25, 0.3) is 0 Å². The molecule has 0 amide bonds. The third-order valence-electron chi connectivity index (χ3n) is 3.13. The number of nitro benzene ring substituents is 1. The maximum Gasteiger partial charge on any atom is 0.269 e. The van der Waals surface area contributed by atoms with Crippen LogP contribution in [0, 0.1) is 10.1 Å². The van der Waals surface area contributed by atoms with Gasteiger partial charge in [-0.2, -0.15) is 0 Å². The number of nitro groups is 1. The van der Waals surface area contributed by atoms with E-state index in [1.165, 1.54) is 17.7 Å². The minimum absolute atomic E-state index is 0.118. The molecule has 0 aromatic heterocycles. The van der Waals surface area contributed by atoms with E-state index in [0.717, 1.165) is 10.0 Å². The molecule has 0 spiro atoms. The Hall–Kier alpha value is -1.72. The minimum Gasteiger partial charge on any atom is -0.306 e. The van der Waals surface area contributed by atoms with Crippen LogP contribution in [-0.4, -0.2) is 4.92 Å². The summed E-state index contributed by atoms with van der Waals surface area (Å²) in [5.74, 6) is 0. The van der Waals surface area contributed by atoms with Crippen molar-refractivity contribution in [3.8, 4) is 0 Å². The van der Waals surface area contributed by atoms with Gasteiger partial charge in [-0.1, -0.05) is 46.3 Å². The highest BCUT2D eigenvalue weighted by Crippen LogP contribution is 2.23. The van der Waals surface area contributed by atoms with Gasteiger partial charge in [0.1, 0.15) is 0 Å². The SMILES string of the molecule is C[C@H](NCc1ccc([N+](=O)[O-])cc1)c1ccccc1Br. The highest BCUT2D eigenvalue weighted by Gasteiger charge is 2.09. The van der Waals surface area contributed by atoms with E-state index in [9.17, 15) is 10.1 Å². The monoisotopic (exact) mass is 334 g/mol. The van der Waals surface area contributed by atoms with Crippen molar-refractivity contribution in [2.45, 2.75) is 19.5 Å². The van der Waals surface area contributed by atoms with Gasteiger partial charge < -0.3 is 5.32 Å². The highest BCUT2D eigenvalue weighted by atomic mass is 79.9. The molecule has 0 saturated carbocycles. The van der Waals surface area contributed by atoms with Crippen molar-refractivity contribution < 1.29 is 4.92 Å². The lowest BCUT2D eigenvalue weighted by atomic mass is 10.1. The number of nitrogens with one attached hydrogen (secondary N) is 1. The minimum atomic E-state index is -0.388. The Morgan fingerprint density at radius 3 is 2.45 bits per heavy atom. The Bertz CT molecular complexity index is 599. The predicted molar refractivity (Wildman–Crippen MR) is 82.5 cm³/mol. The average Bonchev–Trinajstić information content (AvgIpc) is 2.45. The molecule has 20 heavy (non-hydrogen) atoms. The number of rotatable bonds is 5. The molecule has 0 saturated heterocycles. The fourth-order valence-corrected chi connectivity index (χ4v) is 2.57. The van der Waals surface area contributed by atoms with Gasteiger partial charge in [0, 0.05) is 29.2 Å². The van der Waals surface area contributed by atoms with Gasteiger partial charge in [0.2, 0.25) is 0 Å². The molecule has 0 aliphatic heterocycles. The Kier molecular flexibility index (Phi) is 4.87. The van der Waals surface area contributed by atoms with E-state index in [2.05, 4.69) is 34.2 Å². The summed E-state index contributed by atoms with van der Waals surface area (Å²) in [7, 11) is 0. The second-order valence-electron chi connectivity index (χ2n) is 4.55. The van der Waals surface area contributed by atoms with Crippen LogP contribution < -0.4 is 5.32 Å². The van der Waals surface area contributed by atoms with Crippen molar-refractivity contribution >= 4 is 21.6 Å². The van der Waals surface area contributed by atoms with E-state index in [1.807, 2.05) is 18.2 Å². The summed E-state index contributed by atoms with van der Waals surface area (Å²) >= 11 is 3.53. The van der Waals surface area contributed by atoms with Crippen LogP contribution in [0.3, 0.4) is 0 Å². The van der Waals surface area contributed by atoms with E-state index in [4.69, 9.17) is 0 Å². The van der Waals surface area contributed by atoms with Crippen LogP contribution in [0.4, 0.5) is 5.69 Å². The van der Waals surface area contributed by atoms with Gasteiger partial charge in [0.05, 0.1) is 4.92 Å². The van der Waals surface area contributed by atoms with Gasteiger partial charge in [0.15, 0.2) is 0 Å². The van der Waals surface area contributed by atoms with Gasteiger partial charge in [-0.05, 0) is 24.1 Å². The van der Waals surface area contributed by atoms with E-state index in [-0.39, 0.29) is 16.7 Å². The fourth-order valence-electron chi connectivity index (χ4n) is 1.94. The molecule has 1 N–H and O–H groups in total. The molecule has 0 unspecified atom stereocenters. The molecular formula is C15H15BrN2O2. The van der Waals surface area contributed by atoms with E-state index >= 15 is 0 Å². The van der Waals surface area contributed by atoms with Crippen LogP contribution in [-0.2, 0) is 6.54 Å². The zero-order chi connectivity index (χ0) is 14.5. The molecule has 1 atom stereocenters. The quantitative estimate of drug-likeness (QED) is 0.658. The van der Waals surface area contributed by atoms with Crippen molar-refractivity contribution in [2.24, 2.45) is 0 Å². The molecule has 0 fully saturated rings. The summed E-state index contributed by atoms with van der Waals surface area (Å²) in [6.45, 7) is 2.76. The number of halogens is 1. The number of hydrogen-bond acceptors (Lipinski definition) is 3. The molecule has 0 aliphatic carbocycles. The number of nitrogens with zero attached hydrogens (tertiary/aromatic N) is 1. The summed E-state index contributed by atoms with van der Waals surface area (Å²) in [5, 5.41) is 14.0. The summed E-state index contributed by atoms with van der Waals surface area (Å²) < 4.78 is 1.07. The van der Waals surface area contributed by atoms with Gasteiger partial charge in [-0.3, -0.25) is 10.1 Å². The first-order valence-electron chi connectivity index (χ1n) is 6.29. The first-order valence-corrected chi connectivity index (χ1v) is 7.08. The maximum absolute atomic E-state index is 10.6.